The first kappa shape index (κ1) is 15.1. The van der Waals surface area contributed by atoms with Gasteiger partial charge in [0.05, 0.1) is 5.70 Å². The van der Waals surface area contributed by atoms with Gasteiger partial charge in [-0.1, -0.05) is 18.2 Å². The lowest BCUT2D eigenvalue weighted by Crippen LogP contribution is -2.20. The molecule has 0 atom stereocenters. The van der Waals surface area contributed by atoms with Crippen LogP contribution in [0.15, 0.2) is 34.8 Å². The Balaban J connectivity index is 1.71. The normalized spacial score (nSPS) is 13.5. The first-order valence-corrected chi connectivity index (χ1v) is 8.20. The molecule has 1 aliphatic rings. The number of hydrogen-bond donors (Lipinski definition) is 2. The Morgan fingerprint density at radius 2 is 1.95 bits per heavy atom. The summed E-state index contributed by atoms with van der Waals surface area (Å²) in [5.74, 6) is 0.672. The third-order valence-corrected chi connectivity index (χ3v) is 4.30. The van der Waals surface area contributed by atoms with E-state index < -0.39 is 0 Å². The molecule has 0 saturated heterocycles. The second kappa shape index (κ2) is 6.93. The Hall–Kier alpha value is -1.86. The maximum atomic E-state index is 13.0. The third-order valence-electron chi connectivity index (χ3n) is 3.47. The van der Waals surface area contributed by atoms with Gasteiger partial charge in [0.15, 0.2) is 5.82 Å². The van der Waals surface area contributed by atoms with Crippen molar-refractivity contribution < 1.29 is 4.39 Å². The maximum absolute atomic E-state index is 13.0. The fourth-order valence-corrected chi connectivity index (χ4v) is 3.03. The molecule has 0 saturated carbocycles. The Kier molecular flexibility index (Phi) is 4.74. The van der Waals surface area contributed by atoms with E-state index in [9.17, 15) is 4.39 Å². The van der Waals surface area contributed by atoms with Gasteiger partial charge in [0.1, 0.15) is 5.82 Å². The summed E-state index contributed by atoms with van der Waals surface area (Å²) >= 11 is 1.51. The van der Waals surface area contributed by atoms with Gasteiger partial charge in [-0.2, -0.15) is 0 Å². The van der Waals surface area contributed by atoms with Crippen LogP contribution in [0, 0.1) is 5.82 Å². The Morgan fingerprint density at radius 3 is 2.73 bits per heavy atom. The van der Waals surface area contributed by atoms with Crippen LogP contribution in [0.4, 0.5) is 4.39 Å². The van der Waals surface area contributed by atoms with Gasteiger partial charge in [-0.15, -0.1) is 10.2 Å². The molecule has 3 N–H and O–H groups in total. The molecule has 7 heteroatoms. The van der Waals surface area contributed by atoms with Crippen LogP contribution in [0.1, 0.15) is 30.7 Å². The number of benzene rings is 1. The van der Waals surface area contributed by atoms with Gasteiger partial charge in [0, 0.05) is 17.4 Å². The zero-order valence-electron chi connectivity index (χ0n) is 12.1. The first-order chi connectivity index (χ1) is 10.8. The van der Waals surface area contributed by atoms with Crippen LogP contribution in [0.25, 0.3) is 5.70 Å². The van der Waals surface area contributed by atoms with Crippen molar-refractivity contribution in [1.82, 2.24) is 14.9 Å². The summed E-state index contributed by atoms with van der Waals surface area (Å²) in [4.78, 5) is 0. The van der Waals surface area contributed by atoms with Crippen LogP contribution in [-0.2, 0) is 6.42 Å². The molecule has 2 heterocycles. The molecule has 116 valence electrons. The van der Waals surface area contributed by atoms with E-state index in [1.54, 1.807) is 12.1 Å². The molecule has 3 rings (SSSR count). The van der Waals surface area contributed by atoms with E-state index in [1.807, 2.05) is 10.1 Å². The highest BCUT2D eigenvalue weighted by atomic mass is 32.2. The summed E-state index contributed by atoms with van der Waals surface area (Å²) in [5, 5.41) is 11.2. The molecule has 22 heavy (non-hydrogen) atoms. The standard InChI is InChI=1S/C15H18FN5S/c16-12-7-5-11(6-8-12)13-10-22-15-19-18-14(21(15)20-13)4-2-1-3-9-17/h5-8,10,20H,1-4,9,17H2. The number of nitrogens with two attached hydrogens (primary N) is 1. The van der Waals surface area contributed by atoms with E-state index in [4.69, 9.17) is 5.73 Å². The number of rotatable bonds is 6. The lowest BCUT2D eigenvalue weighted by molar-refractivity contribution is 0.627. The largest absolute Gasteiger partial charge is 0.330 e. The van der Waals surface area contributed by atoms with Gasteiger partial charge in [0.2, 0.25) is 5.16 Å². The predicted molar refractivity (Wildman–Crippen MR) is 86.2 cm³/mol. The lowest BCUT2D eigenvalue weighted by Gasteiger charge is -2.19. The highest BCUT2D eigenvalue weighted by Gasteiger charge is 2.18. The van der Waals surface area contributed by atoms with Crippen molar-refractivity contribution in [2.75, 3.05) is 12.0 Å². The van der Waals surface area contributed by atoms with E-state index in [-0.39, 0.29) is 5.82 Å². The first-order valence-electron chi connectivity index (χ1n) is 7.32. The number of unbranched alkanes of at least 4 members (excludes halogenated alkanes) is 2. The summed E-state index contributed by atoms with van der Waals surface area (Å²) < 4.78 is 14.9. The smallest absolute Gasteiger partial charge is 0.214 e. The van der Waals surface area contributed by atoms with E-state index >= 15 is 0 Å². The zero-order chi connectivity index (χ0) is 15.4. The van der Waals surface area contributed by atoms with Crippen molar-refractivity contribution in [2.45, 2.75) is 30.8 Å². The van der Waals surface area contributed by atoms with Crippen molar-refractivity contribution in [3.8, 4) is 0 Å². The molecule has 0 radical (unpaired) electrons. The molecule has 0 fully saturated rings. The van der Waals surface area contributed by atoms with E-state index in [0.29, 0.717) is 0 Å². The van der Waals surface area contributed by atoms with Crippen molar-refractivity contribution in [3.63, 3.8) is 0 Å². The molecule has 0 unspecified atom stereocenters. The second-order valence-corrected chi connectivity index (χ2v) is 5.94. The molecular formula is C15H18FN5S. The summed E-state index contributed by atoms with van der Waals surface area (Å²) in [6.07, 6.45) is 4.02. The maximum Gasteiger partial charge on any atom is 0.214 e. The van der Waals surface area contributed by atoms with Gasteiger partial charge < -0.3 is 5.73 Å². The Bertz CT molecular complexity index is 665. The van der Waals surface area contributed by atoms with Crippen LogP contribution >= 0.6 is 11.8 Å². The topological polar surface area (TPSA) is 68.8 Å². The molecule has 0 bridgehead atoms. The molecule has 1 aromatic heterocycles. The number of hydrogen-bond acceptors (Lipinski definition) is 5. The summed E-state index contributed by atoms with van der Waals surface area (Å²) in [7, 11) is 0. The molecule has 1 aromatic carbocycles. The highest BCUT2D eigenvalue weighted by Crippen LogP contribution is 2.28. The van der Waals surface area contributed by atoms with Crippen molar-refractivity contribution in [3.05, 3.63) is 46.9 Å². The minimum atomic E-state index is -0.238. The molecule has 0 aliphatic carbocycles. The van der Waals surface area contributed by atoms with E-state index in [0.717, 1.165) is 54.5 Å². The number of fused-ring (bicyclic) bond motifs is 1. The van der Waals surface area contributed by atoms with Crippen LogP contribution in [0.5, 0.6) is 0 Å². The van der Waals surface area contributed by atoms with Gasteiger partial charge in [-0.05, 0) is 43.7 Å². The highest BCUT2D eigenvalue weighted by molar-refractivity contribution is 8.02. The van der Waals surface area contributed by atoms with E-state index in [2.05, 4.69) is 15.6 Å². The fourth-order valence-electron chi connectivity index (χ4n) is 2.28. The number of aryl methyl sites for hydroxylation is 1. The number of nitrogens with one attached hydrogen (secondary N) is 1. The van der Waals surface area contributed by atoms with Crippen LogP contribution in [0.2, 0.25) is 0 Å². The predicted octanol–water partition coefficient (Wildman–Crippen LogP) is 2.74. The average Bonchev–Trinajstić information content (AvgIpc) is 2.95. The van der Waals surface area contributed by atoms with Crippen molar-refractivity contribution in [1.29, 1.82) is 0 Å². The quantitative estimate of drug-likeness (QED) is 0.801. The lowest BCUT2D eigenvalue weighted by atomic mass is 10.2. The minimum absolute atomic E-state index is 0.238. The molecular weight excluding hydrogens is 301 g/mol. The van der Waals surface area contributed by atoms with Crippen LogP contribution in [-0.4, -0.2) is 21.4 Å². The number of nitrogens with zero attached hydrogens (tertiary/aromatic N) is 3. The van der Waals surface area contributed by atoms with E-state index in [1.165, 1.54) is 23.9 Å². The summed E-state index contributed by atoms with van der Waals surface area (Å²) in [6.45, 7) is 0.726. The summed E-state index contributed by atoms with van der Waals surface area (Å²) in [5.41, 5.74) is 10.7. The third kappa shape index (κ3) is 3.31. The SMILES string of the molecule is NCCCCCc1nnc2n1NC(c1ccc(F)cc1)=CS2. The molecule has 5 nitrogen and oxygen atoms in total. The number of thioether (sulfide) groups is 1. The van der Waals surface area contributed by atoms with Crippen molar-refractivity contribution in [2.24, 2.45) is 5.73 Å². The average molecular weight is 319 g/mol. The second-order valence-electron chi connectivity index (χ2n) is 5.10. The molecule has 1 aliphatic heterocycles. The number of halogens is 1. The van der Waals surface area contributed by atoms with Crippen LogP contribution < -0.4 is 11.2 Å². The molecule has 0 spiro atoms. The molecule has 2 aromatic rings. The minimum Gasteiger partial charge on any atom is -0.330 e. The van der Waals surface area contributed by atoms with Gasteiger partial charge >= 0.3 is 0 Å². The monoisotopic (exact) mass is 319 g/mol. The molecule has 0 amide bonds. The van der Waals surface area contributed by atoms with Gasteiger partial charge in [-0.3, -0.25) is 5.43 Å². The van der Waals surface area contributed by atoms with Gasteiger partial charge in [-0.25, -0.2) is 9.07 Å². The summed E-state index contributed by atoms with van der Waals surface area (Å²) in [6, 6.07) is 6.42. The van der Waals surface area contributed by atoms with Gasteiger partial charge in [0.25, 0.3) is 0 Å². The van der Waals surface area contributed by atoms with Crippen molar-refractivity contribution >= 4 is 17.5 Å². The Labute approximate surface area is 132 Å². The van der Waals surface area contributed by atoms with Crippen LogP contribution in [0.3, 0.4) is 0 Å². The fraction of sp³-hybridized carbons (Fsp3) is 0.333. The Morgan fingerprint density at radius 1 is 1.14 bits per heavy atom. The zero-order valence-corrected chi connectivity index (χ0v) is 12.9. The number of aromatic nitrogens is 3.